The molecule has 0 spiro atoms. The van der Waals surface area contributed by atoms with Gasteiger partial charge in [0.25, 0.3) is 0 Å². The van der Waals surface area contributed by atoms with Gasteiger partial charge in [0.1, 0.15) is 5.75 Å². The van der Waals surface area contributed by atoms with Crippen LogP contribution in [0.4, 0.5) is 0 Å². The number of nitrogens with one attached hydrogen (secondary N) is 1. The topological polar surface area (TPSA) is 34.1 Å². The van der Waals surface area contributed by atoms with E-state index in [0.717, 1.165) is 42.6 Å². The Labute approximate surface area is 115 Å². The maximum atomic E-state index is 5.77. The number of aryl methyl sites for hydroxylation is 1. The summed E-state index contributed by atoms with van der Waals surface area (Å²) >= 11 is 1.79. The SMILES string of the molecule is CSCCOc1ccc(C)nc1CNCC(C)C. The van der Waals surface area contributed by atoms with E-state index in [-0.39, 0.29) is 0 Å². The van der Waals surface area contributed by atoms with Gasteiger partial charge in [-0.15, -0.1) is 0 Å². The van der Waals surface area contributed by atoms with Gasteiger partial charge in [-0.05, 0) is 37.8 Å². The van der Waals surface area contributed by atoms with Gasteiger partial charge in [0.2, 0.25) is 0 Å². The molecule has 18 heavy (non-hydrogen) atoms. The predicted molar refractivity (Wildman–Crippen MR) is 79.4 cm³/mol. The largest absolute Gasteiger partial charge is 0.491 e. The second kappa shape index (κ2) is 8.38. The number of nitrogens with zero attached hydrogens (tertiary/aromatic N) is 1. The van der Waals surface area contributed by atoms with E-state index in [2.05, 4.69) is 30.4 Å². The van der Waals surface area contributed by atoms with Crippen LogP contribution in [0.1, 0.15) is 25.2 Å². The molecule has 0 aromatic carbocycles. The van der Waals surface area contributed by atoms with E-state index in [1.807, 2.05) is 19.1 Å². The molecule has 0 unspecified atom stereocenters. The Kier molecular flexibility index (Phi) is 7.13. The van der Waals surface area contributed by atoms with E-state index in [1.165, 1.54) is 0 Å². The Balaban J connectivity index is 2.58. The summed E-state index contributed by atoms with van der Waals surface area (Å²) in [4.78, 5) is 4.55. The Morgan fingerprint density at radius 2 is 2.17 bits per heavy atom. The lowest BCUT2D eigenvalue weighted by Crippen LogP contribution is -2.20. The summed E-state index contributed by atoms with van der Waals surface area (Å²) in [7, 11) is 0. The van der Waals surface area contributed by atoms with Crippen LogP contribution < -0.4 is 10.1 Å². The lowest BCUT2D eigenvalue weighted by molar-refractivity contribution is 0.336. The monoisotopic (exact) mass is 268 g/mol. The first-order valence-corrected chi connectivity index (χ1v) is 7.82. The summed E-state index contributed by atoms with van der Waals surface area (Å²) in [5.41, 5.74) is 2.05. The standard InChI is InChI=1S/C14H24N2OS/c1-11(2)9-15-10-13-14(17-7-8-18-4)6-5-12(3)16-13/h5-6,11,15H,7-10H2,1-4H3. The Hall–Kier alpha value is -0.740. The molecule has 0 aliphatic rings. The number of rotatable bonds is 8. The van der Waals surface area contributed by atoms with Crippen molar-refractivity contribution in [1.29, 1.82) is 0 Å². The molecule has 1 N–H and O–H groups in total. The highest BCUT2D eigenvalue weighted by atomic mass is 32.2. The molecule has 0 radical (unpaired) electrons. The molecule has 0 amide bonds. The van der Waals surface area contributed by atoms with Gasteiger partial charge < -0.3 is 10.1 Å². The van der Waals surface area contributed by atoms with E-state index in [9.17, 15) is 0 Å². The van der Waals surface area contributed by atoms with Crippen LogP contribution in [0, 0.1) is 12.8 Å². The van der Waals surface area contributed by atoms with Crippen LogP contribution in [0.15, 0.2) is 12.1 Å². The summed E-state index contributed by atoms with van der Waals surface area (Å²) < 4.78 is 5.77. The van der Waals surface area contributed by atoms with Crippen LogP contribution in [0.25, 0.3) is 0 Å². The van der Waals surface area contributed by atoms with E-state index in [0.29, 0.717) is 5.92 Å². The number of hydrogen-bond donors (Lipinski definition) is 1. The van der Waals surface area contributed by atoms with Crippen molar-refractivity contribution in [3.63, 3.8) is 0 Å². The minimum Gasteiger partial charge on any atom is -0.491 e. The molecule has 0 aliphatic carbocycles. The highest BCUT2D eigenvalue weighted by Crippen LogP contribution is 2.17. The van der Waals surface area contributed by atoms with Crippen molar-refractivity contribution in [2.45, 2.75) is 27.3 Å². The third-order valence-electron chi connectivity index (χ3n) is 2.46. The zero-order valence-electron chi connectivity index (χ0n) is 11.8. The van der Waals surface area contributed by atoms with Crippen molar-refractivity contribution in [2.24, 2.45) is 5.92 Å². The van der Waals surface area contributed by atoms with Gasteiger partial charge in [-0.25, -0.2) is 0 Å². The van der Waals surface area contributed by atoms with Crippen LogP contribution in [-0.2, 0) is 6.54 Å². The molecule has 1 heterocycles. The Morgan fingerprint density at radius 1 is 1.39 bits per heavy atom. The van der Waals surface area contributed by atoms with Gasteiger partial charge in [0.05, 0.1) is 12.3 Å². The summed E-state index contributed by atoms with van der Waals surface area (Å²) in [5, 5.41) is 3.41. The normalized spacial score (nSPS) is 10.9. The van der Waals surface area contributed by atoms with Crippen LogP contribution in [0.2, 0.25) is 0 Å². The zero-order valence-corrected chi connectivity index (χ0v) is 12.6. The van der Waals surface area contributed by atoms with Crippen molar-refractivity contribution in [3.8, 4) is 5.75 Å². The second-order valence-corrected chi connectivity index (χ2v) is 5.75. The maximum absolute atomic E-state index is 5.77. The average molecular weight is 268 g/mol. The lowest BCUT2D eigenvalue weighted by Gasteiger charge is -2.12. The third-order valence-corrected chi connectivity index (χ3v) is 3.04. The van der Waals surface area contributed by atoms with E-state index < -0.39 is 0 Å². The predicted octanol–water partition coefficient (Wildman–Crippen LogP) is 2.88. The molecule has 1 rings (SSSR count). The molecular formula is C14H24N2OS. The minimum absolute atomic E-state index is 0.649. The number of hydrogen-bond acceptors (Lipinski definition) is 4. The number of pyridine rings is 1. The van der Waals surface area contributed by atoms with E-state index >= 15 is 0 Å². The molecule has 0 saturated heterocycles. The molecule has 3 nitrogen and oxygen atoms in total. The first-order valence-electron chi connectivity index (χ1n) is 6.42. The molecule has 0 bridgehead atoms. The number of ether oxygens (including phenoxy) is 1. The smallest absolute Gasteiger partial charge is 0.142 e. The lowest BCUT2D eigenvalue weighted by atomic mass is 10.2. The van der Waals surface area contributed by atoms with Gasteiger partial charge >= 0.3 is 0 Å². The van der Waals surface area contributed by atoms with Crippen molar-refractivity contribution < 1.29 is 4.74 Å². The van der Waals surface area contributed by atoms with Crippen molar-refractivity contribution >= 4 is 11.8 Å². The van der Waals surface area contributed by atoms with Gasteiger partial charge in [0, 0.05) is 18.0 Å². The molecule has 0 fully saturated rings. The van der Waals surface area contributed by atoms with E-state index in [4.69, 9.17) is 4.74 Å². The third kappa shape index (κ3) is 5.74. The van der Waals surface area contributed by atoms with Crippen LogP contribution in [-0.4, -0.2) is 30.1 Å². The summed E-state index contributed by atoms with van der Waals surface area (Å²) in [6.45, 7) is 8.92. The van der Waals surface area contributed by atoms with Crippen LogP contribution in [0.5, 0.6) is 5.75 Å². The first kappa shape index (κ1) is 15.3. The zero-order chi connectivity index (χ0) is 13.4. The number of thioether (sulfide) groups is 1. The first-order chi connectivity index (χ1) is 8.63. The fourth-order valence-electron chi connectivity index (χ4n) is 1.57. The molecule has 1 aromatic rings. The van der Waals surface area contributed by atoms with Gasteiger partial charge in [-0.1, -0.05) is 13.8 Å². The highest BCUT2D eigenvalue weighted by Gasteiger charge is 2.06. The molecule has 0 atom stereocenters. The molecule has 0 saturated carbocycles. The quantitative estimate of drug-likeness (QED) is 0.735. The molecule has 4 heteroatoms. The fourth-order valence-corrected chi connectivity index (χ4v) is 1.82. The summed E-state index contributed by atoms with van der Waals surface area (Å²) in [5.74, 6) is 2.56. The highest BCUT2D eigenvalue weighted by molar-refractivity contribution is 7.98. The Bertz CT molecular complexity index is 356. The van der Waals surface area contributed by atoms with Crippen molar-refractivity contribution in [2.75, 3.05) is 25.2 Å². The average Bonchev–Trinajstić information content (AvgIpc) is 2.31. The molecule has 0 aliphatic heterocycles. The van der Waals surface area contributed by atoms with Crippen LogP contribution >= 0.6 is 11.8 Å². The van der Waals surface area contributed by atoms with Crippen molar-refractivity contribution in [1.82, 2.24) is 10.3 Å². The second-order valence-electron chi connectivity index (χ2n) is 4.76. The molecular weight excluding hydrogens is 244 g/mol. The van der Waals surface area contributed by atoms with Gasteiger partial charge in [-0.2, -0.15) is 11.8 Å². The molecule has 102 valence electrons. The van der Waals surface area contributed by atoms with E-state index in [1.54, 1.807) is 11.8 Å². The van der Waals surface area contributed by atoms with Crippen LogP contribution in [0.3, 0.4) is 0 Å². The summed E-state index contributed by atoms with van der Waals surface area (Å²) in [6, 6.07) is 4.02. The van der Waals surface area contributed by atoms with Crippen molar-refractivity contribution in [3.05, 3.63) is 23.5 Å². The maximum Gasteiger partial charge on any atom is 0.142 e. The van der Waals surface area contributed by atoms with Gasteiger partial charge in [-0.3, -0.25) is 4.98 Å². The summed E-state index contributed by atoms with van der Waals surface area (Å²) in [6.07, 6.45) is 2.09. The molecule has 1 aromatic heterocycles. The Morgan fingerprint density at radius 3 is 2.83 bits per heavy atom. The van der Waals surface area contributed by atoms with Gasteiger partial charge in [0.15, 0.2) is 0 Å². The number of aromatic nitrogens is 1. The minimum atomic E-state index is 0.649. The fraction of sp³-hybridized carbons (Fsp3) is 0.643.